The molecule has 0 saturated carbocycles. The summed E-state index contributed by atoms with van der Waals surface area (Å²) in [4.78, 5) is 38.0. The predicted octanol–water partition coefficient (Wildman–Crippen LogP) is 18.3. The molecule has 0 aromatic heterocycles. The van der Waals surface area contributed by atoms with E-state index >= 15 is 0 Å². The maximum Gasteiger partial charge on any atom is 0.306 e. The molecular formula is C61H100O6. The monoisotopic (exact) mass is 929 g/mol. The van der Waals surface area contributed by atoms with E-state index in [0.29, 0.717) is 19.3 Å². The van der Waals surface area contributed by atoms with Gasteiger partial charge in [-0.2, -0.15) is 0 Å². The largest absolute Gasteiger partial charge is 0.462 e. The fraction of sp³-hybridized carbons (Fsp3) is 0.656. The van der Waals surface area contributed by atoms with Crippen LogP contribution in [0, 0.1) is 0 Å². The summed E-state index contributed by atoms with van der Waals surface area (Å²) in [5, 5.41) is 0. The summed E-state index contributed by atoms with van der Waals surface area (Å²) < 4.78 is 16.7. The lowest BCUT2D eigenvalue weighted by Crippen LogP contribution is -2.30. The minimum Gasteiger partial charge on any atom is -0.462 e. The SMILES string of the molecule is CCCCC/C=C\C/C=C\C/C=C\C/C=C\CCCC(=O)OCC(COC(=O)CCCCCCCCC/C=C\CCCCCC)OC(=O)CCC/C=C\C/C=C\C/C=C\C/C=C\CCCCC. The highest BCUT2D eigenvalue weighted by Gasteiger charge is 2.19. The first kappa shape index (κ1) is 63.1. The molecule has 0 radical (unpaired) electrons. The van der Waals surface area contributed by atoms with Gasteiger partial charge < -0.3 is 14.2 Å². The molecule has 0 saturated heterocycles. The van der Waals surface area contributed by atoms with E-state index in [1.54, 1.807) is 0 Å². The number of hydrogen-bond acceptors (Lipinski definition) is 6. The van der Waals surface area contributed by atoms with E-state index in [1.165, 1.54) is 116 Å². The molecule has 6 heteroatoms. The summed E-state index contributed by atoms with van der Waals surface area (Å²) in [5.41, 5.74) is 0. The van der Waals surface area contributed by atoms with Gasteiger partial charge in [-0.1, -0.05) is 207 Å². The van der Waals surface area contributed by atoms with Crippen molar-refractivity contribution in [2.24, 2.45) is 0 Å². The summed E-state index contributed by atoms with van der Waals surface area (Å²) in [6, 6.07) is 0. The number of rotatable bonds is 48. The van der Waals surface area contributed by atoms with Crippen LogP contribution in [0.4, 0.5) is 0 Å². The minimum absolute atomic E-state index is 0.121. The average Bonchev–Trinajstić information content (AvgIpc) is 3.33. The van der Waals surface area contributed by atoms with Crippen LogP contribution >= 0.6 is 0 Å². The zero-order valence-corrected chi connectivity index (χ0v) is 43.4. The molecule has 0 aliphatic heterocycles. The van der Waals surface area contributed by atoms with E-state index < -0.39 is 6.10 Å². The third-order valence-electron chi connectivity index (χ3n) is 11.2. The van der Waals surface area contributed by atoms with Crippen molar-refractivity contribution in [3.8, 4) is 0 Å². The van der Waals surface area contributed by atoms with E-state index in [0.717, 1.165) is 70.6 Å². The number of unbranched alkanes of at least 4 members (excludes halogenated alkanes) is 19. The van der Waals surface area contributed by atoms with Crippen LogP contribution in [0.15, 0.2) is 109 Å². The molecule has 0 aliphatic rings. The first-order valence-electron chi connectivity index (χ1n) is 27.4. The van der Waals surface area contributed by atoms with E-state index in [1.807, 2.05) is 0 Å². The number of esters is 3. The van der Waals surface area contributed by atoms with Gasteiger partial charge in [-0.25, -0.2) is 0 Å². The van der Waals surface area contributed by atoms with Crippen molar-refractivity contribution in [1.82, 2.24) is 0 Å². The number of allylic oxidation sites excluding steroid dienone is 18. The first-order chi connectivity index (χ1) is 33.0. The topological polar surface area (TPSA) is 78.9 Å². The van der Waals surface area contributed by atoms with E-state index in [-0.39, 0.29) is 44.0 Å². The third kappa shape index (κ3) is 52.9. The van der Waals surface area contributed by atoms with Crippen molar-refractivity contribution >= 4 is 17.9 Å². The summed E-state index contributed by atoms with van der Waals surface area (Å²) >= 11 is 0. The minimum atomic E-state index is -0.832. The molecular weight excluding hydrogens is 829 g/mol. The zero-order chi connectivity index (χ0) is 48.6. The molecule has 380 valence electrons. The van der Waals surface area contributed by atoms with Gasteiger partial charge in [-0.05, 0) is 122 Å². The fourth-order valence-electron chi connectivity index (χ4n) is 7.07. The lowest BCUT2D eigenvalue weighted by Gasteiger charge is -2.18. The smallest absolute Gasteiger partial charge is 0.306 e. The fourth-order valence-corrected chi connectivity index (χ4v) is 7.07. The van der Waals surface area contributed by atoms with Gasteiger partial charge in [0.1, 0.15) is 13.2 Å². The van der Waals surface area contributed by atoms with Crippen molar-refractivity contribution < 1.29 is 28.6 Å². The average molecular weight is 929 g/mol. The van der Waals surface area contributed by atoms with E-state index in [9.17, 15) is 14.4 Å². The van der Waals surface area contributed by atoms with Crippen LogP contribution in [0.2, 0.25) is 0 Å². The predicted molar refractivity (Wildman–Crippen MR) is 288 cm³/mol. The second kappa shape index (κ2) is 54.7. The first-order valence-corrected chi connectivity index (χ1v) is 27.4. The summed E-state index contributed by atoms with van der Waals surface area (Å²) in [5.74, 6) is -1.04. The number of ether oxygens (including phenoxy) is 3. The van der Waals surface area contributed by atoms with E-state index in [4.69, 9.17) is 14.2 Å². The van der Waals surface area contributed by atoms with Gasteiger partial charge in [0.05, 0.1) is 0 Å². The highest BCUT2D eigenvalue weighted by atomic mass is 16.6. The summed E-state index contributed by atoms with van der Waals surface area (Å²) in [7, 11) is 0. The zero-order valence-electron chi connectivity index (χ0n) is 43.4. The molecule has 0 bridgehead atoms. The molecule has 0 aromatic carbocycles. The second-order valence-electron chi connectivity index (χ2n) is 17.8. The summed E-state index contributed by atoms with van der Waals surface area (Å²) in [6.45, 7) is 6.47. The van der Waals surface area contributed by atoms with Crippen LogP contribution < -0.4 is 0 Å². The molecule has 67 heavy (non-hydrogen) atoms. The Morgan fingerprint density at radius 1 is 0.299 bits per heavy atom. The van der Waals surface area contributed by atoms with Gasteiger partial charge in [-0.15, -0.1) is 0 Å². The van der Waals surface area contributed by atoms with Gasteiger partial charge in [0, 0.05) is 19.3 Å². The number of carbonyl (C=O) groups excluding carboxylic acids is 3. The molecule has 0 rings (SSSR count). The highest BCUT2D eigenvalue weighted by molar-refractivity contribution is 5.71. The maximum atomic E-state index is 12.8. The Kier molecular flexibility index (Phi) is 51.5. The van der Waals surface area contributed by atoms with Gasteiger partial charge in [0.15, 0.2) is 6.10 Å². The molecule has 0 aromatic rings. The van der Waals surface area contributed by atoms with Crippen molar-refractivity contribution in [2.45, 2.75) is 245 Å². The molecule has 0 amide bonds. The van der Waals surface area contributed by atoms with Crippen molar-refractivity contribution in [2.75, 3.05) is 13.2 Å². The Morgan fingerprint density at radius 3 is 0.940 bits per heavy atom. The van der Waals surface area contributed by atoms with Gasteiger partial charge >= 0.3 is 17.9 Å². The quantitative estimate of drug-likeness (QED) is 0.0262. The van der Waals surface area contributed by atoms with Crippen LogP contribution in [0.3, 0.4) is 0 Å². The van der Waals surface area contributed by atoms with Gasteiger partial charge in [0.2, 0.25) is 0 Å². The van der Waals surface area contributed by atoms with Gasteiger partial charge in [0.25, 0.3) is 0 Å². The molecule has 0 N–H and O–H groups in total. The van der Waals surface area contributed by atoms with Crippen LogP contribution in [0.25, 0.3) is 0 Å². The van der Waals surface area contributed by atoms with Crippen LogP contribution in [0.5, 0.6) is 0 Å². The molecule has 0 heterocycles. The van der Waals surface area contributed by atoms with Crippen LogP contribution in [-0.2, 0) is 28.6 Å². The Bertz CT molecular complexity index is 1390. The Hall–Kier alpha value is -3.93. The molecule has 0 fully saturated rings. The van der Waals surface area contributed by atoms with Crippen molar-refractivity contribution in [3.63, 3.8) is 0 Å². The lowest BCUT2D eigenvalue weighted by molar-refractivity contribution is -0.167. The maximum absolute atomic E-state index is 12.8. The van der Waals surface area contributed by atoms with Gasteiger partial charge in [-0.3, -0.25) is 14.4 Å². The Balaban J connectivity index is 4.58. The second-order valence-corrected chi connectivity index (χ2v) is 17.8. The van der Waals surface area contributed by atoms with Crippen molar-refractivity contribution in [1.29, 1.82) is 0 Å². The normalized spacial score (nSPS) is 12.9. The van der Waals surface area contributed by atoms with Crippen LogP contribution in [-0.4, -0.2) is 37.2 Å². The van der Waals surface area contributed by atoms with Crippen LogP contribution in [0.1, 0.15) is 239 Å². The molecule has 0 aliphatic carbocycles. The molecule has 6 nitrogen and oxygen atoms in total. The summed E-state index contributed by atoms with van der Waals surface area (Å²) in [6.07, 6.45) is 73.6. The van der Waals surface area contributed by atoms with Crippen molar-refractivity contribution in [3.05, 3.63) is 109 Å². The highest BCUT2D eigenvalue weighted by Crippen LogP contribution is 2.13. The Labute approximate surface area is 412 Å². The standard InChI is InChI=1S/C61H100O6/c1-4-7-10-13-16-19-22-25-28-30-33-36-39-42-45-48-51-54-60(63)66-57-58(56-65-59(62)53-50-47-44-41-38-35-32-27-24-21-18-15-12-9-6-3)67-61(64)55-52-49-46-43-40-37-34-31-29-26-23-20-17-14-11-8-5-2/h16-17,19-21,24-26,28-29,33-34,36-37,42-43,45-46,58H,4-15,18,22-23,27,30-32,35,38-41,44,47-57H2,1-3H3/b19-16-,20-17-,24-21-,28-25-,29-26-,36-33-,37-34-,45-42-,46-43-. The third-order valence-corrected chi connectivity index (χ3v) is 11.2. The van der Waals surface area contributed by atoms with E-state index in [2.05, 4.69) is 130 Å². The number of carbonyl (C=O) groups is 3. The Morgan fingerprint density at radius 2 is 0.552 bits per heavy atom. The number of hydrogen-bond donors (Lipinski definition) is 0. The lowest BCUT2D eigenvalue weighted by atomic mass is 10.1. The molecule has 1 unspecified atom stereocenters. The molecule has 1 atom stereocenters. The molecule has 0 spiro atoms.